The summed E-state index contributed by atoms with van der Waals surface area (Å²) in [6, 6.07) is 15.3. The highest BCUT2D eigenvalue weighted by Gasteiger charge is 2.34. The van der Waals surface area contributed by atoms with E-state index in [0.29, 0.717) is 43.6 Å². The Morgan fingerprint density at radius 2 is 1.97 bits per heavy atom. The molecule has 4 rings (SSSR count). The van der Waals surface area contributed by atoms with Crippen LogP contribution in [0.2, 0.25) is 0 Å². The van der Waals surface area contributed by atoms with Gasteiger partial charge in [-0.25, -0.2) is 0 Å². The Bertz CT molecular complexity index is 984. The van der Waals surface area contributed by atoms with Crippen molar-refractivity contribution < 1.29 is 18.8 Å². The molecule has 0 aliphatic carbocycles. The van der Waals surface area contributed by atoms with Crippen molar-refractivity contribution in [2.75, 3.05) is 20.3 Å². The molecular formula is C22H23N3O4. The molecule has 0 N–H and O–H groups in total. The van der Waals surface area contributed by atoms with Crippen molar-refractivity contribution >= 4 is 5.91 Å². The zero-order chi connectivity index (χ0) is 20.2. The molecule has 1 aliphatic rings. The van der Waals surface area contributed by atoms with Crippen LogP contribution >= 0.6 is 0 Å². The van der Waals surface area contributed by atoms with Crippen LogP contribution in [0, 0.1) is 0 Å². The smallest absolute Gasteiger partial charge is 0.232 e. The van der Waals surface area contributed by atoms with E-state index in [4.69, 9.17) is 14.0 Å². The molecule has 1 saturated heterocycles. The lowest BCUT2D eigenvalue weighted by atomic mass is 10.1. The van der Waals surface area contributed by atoms with Crippen molar-refractivity contribution in [2.24, 2.45) is 0 Å². The van der Waals surface area contributed by atoms with Gasteiger partial charge in [-0.05, 0) is 36.8 Å². The van der Waals surface area contributed by atoms with Crippen molar-refractivity contribution in [3.8, 4) is 22.9 Å². The quantitative estimate of drug-likeness (QED) is 0.610. The second kappa shape index (κ2) is 8.34. The number of para-hydroxylation sites is 1. The molecule has 0 spiro atoms. The van der Waals surface area contributed by atoms with E-state index in [1.54, 1.807) is 7.11 Å². The molecule has 1 unspecified atom stereocenters. The molecular weight excluding hydrogens is 370 g/mol. The minimum Gasteiger partial charge on any atom is -0.496 e. The molecule has 1 aromatic heterocycles. The van der Waals surface area contributed by atoms with Crippen molar-refractivity contribution in [1.29, 1.82) is 0 Å². The highest BCUT2D eigenvalue weighted by atomic mass is 16.5. The number of methoxy groups -OCH3 is 1. The zero-order valence-corrected chi connectivity index (χ0v) is 16.5. The van der Waals surface area contributed by atoms with E-state index in [9.17, 15) is 4.79 Å². The summed E-state index contributed by atoms with van der Waals surface area (Å²) in [6.45, 7) is 3.69. The van der Waals surface area contributed by atoms with Crippen LogP contribution in [0.15, 0.2) is 53.1 Å². The number of nitrogens with zero attached hydrogens (tertiary/aromatic N) is 3. The van der Waals surface area contributed by atoms with Crippen LogP contribution in [0.4, 0.5) is 0 Å². The number of amides is 1. The van der Waals surface area contributed by atoms with Gasteiger partial charge in [-0.1, -0.05) is 29.4 Å². The van der Waals surface area contributed by atoms with E-state index < -0.39 is 0 Å². The average Bonchev–Trinajstić information content (AvgIpc) is 3.37. The molecule has 0 bridgehead atoms. The SMILES string of the molecule is CCOc1ccc(CN2CC(c3nc(-c4ccccc4OC)no3)CC2=O)cc1. The molecule has 150 valence electrons. The lowest BCUT2D eigenvalue weighted by Gasteiger charge is -2.16. The van der Waals surface area contributed by atoms with Gasteiger partial charge in [0.1, 0.15) is 11.5 Å². The zero-order valence-electron chi connectivity index (χ0n) is 16.5. The number of aromatic nitrogens is 2. The molecule has 7 heteroatoms. The summed E-state index contributed by atoms with van der Waals surface area (Å²) >= 11 is 0. The van der Waals surface area contributed by atoms with Gasteiger partial charge in [-0.2, -0.15) is 4.98 Å². The molecule has 0 radical (unpaired) electrons. The van der Waals surface area contributed by atoms with E-state index in [-0.39, 0.29) is 11.8 Å². The largest absolute Gasteiger partial charge is 0.496 e. The number of likely N-dealkylation sites (tertiary alicyclic amines) is 1. The molecule has 1 atom stereocenters. The fourth-order valence-corrected chi connectivity index (χ4v) is 3.51. The van der Waals surface area contributed by atoms with Crippen LogP contribution in [0.5, 0.6) is 11.5 Å². The van der Waals surface area contributed by atoms with Gasteiger partial charge in [-0.3, -0.25) is 4.79 Å². The van der Waals surface area contributed by atoms with Gasteiger partial charge >= 0.3 is 0 Å². The molecule has 7 nitrogen and oxygen atoms in total. The topological polar surface area (TPSA) is 77.7 Å². The van der Waals surface area contributed by atoms with Crippen LogP contribution < -0.4 is 9.47 Å². The Morgan fingerprint density at radius 3 is 2.72 bits per heavy atom. The first-order chi connectivity index (χ1) is 14.2. The molecule has 2 heterocycles. The lowest BCUT2D eigenvalue weighted by Crippen LogP contribution is -2.24. The molecule has 3 aromatic rings. The van der Waals surface area contributed by atoms with Gasteiger partial charge in [0, 0.05) is 19.5 Å². The van der Waals surface area contributed by atoms with E-state index in [1.807, 2.05) is 60.4 Å². The number of ether oxygens (including phenoxy) is 2. The van der Waals surface area contributed by atoms with Crippen LogP contribution in [0.3, 0.4) is 0 Å². The summed E-state index contributed by atoms with van der Waals surface area (Å²) in [7, 11) is 1.61. The van der Waals surface area contributed by atoms with Crippen LogP contribution in [0.25, 0.3) is 11.4 Å². The van der Waals surface area contributed by atoms with Gasteiger partial charge in [0.25, 0.3) is 0 Å². The molecule has 1 amide bonds. The third-order valence-electron chi connectivity index (χ3n) is 4.96. The summed E-state index contributed by atoms with van der Waals surface area (Å²) in [6.07, 6.45) is 0.366. The van der Waals surface area contributed by atoms with Gasteiger partial charge in [0.15, 0.2) is 0 Å². The fourth-order valence-electron chi connectivity index (χ4n) is 3.51. The number of benzene rings is 2. The van der Waals surface area contributed by atoms with Crippen LogP contribution in [0.1, 0.15) is 30.7 Å². The summed E-state index contributed by atoms with van der Waals surface area (Å²) in [4.78, 5) is 18.9. The highest BCUT2D eigenvalue weighted by molar-refractivity contribution is 5.79. The third-order valence-corrected chi connectivity index (χ3v) is 4.96. The maximum absolute atomic E-state index is 12.5. The number of hydrogen-bond donors (Lipinski definition) is 0. The molecule has 1 aliphatic heterocycles. The molecule has 0 saturated carbocycles. The maximum atomic E-state index is 12.5. The second-order valence-corrected chi connectivity index (χ2v) is 6.91. The number of carbonyl (C=O) groups excluding carboxylic acids is 1. The van der Waals surface area contributed by atoms with Crippen LogP contribution in [-0.4, -0.2) is 41.2 Å². The summed E-state index contributed by atoms with van der Waals surface area (Å²) in [5.74, 6) is 2.43. The lowest BCUT2D eigenvalue weighted by molar-refractivity contribution is -0.128. The number of carbonyl (C=O) groups is 1. The Hall–Kier alpha value is -3.35. The normalized spacial score (nSPS) is 16.3. The van der Waals surface area contributed by atoms with Crippen LogP contribution in [-0.2, 0) is 11.3 Å². The maximum Gasteiger partial charge on any atom is 0.232 e. The fraction of sp³-hybridized carbons (Fsp3) is 0.318. The van der Waals surface area contributed by atoms with Crippen molar-refractivity contribution in [3.63, 3.8) is 0 Å². The van der Waals surface area contributed by atoms with Gasteiger partial charge in [0.2, 0.25) is 17.6 Å². The Labute approximate surface area is 169 Å². The molecule has 1 fully saturated rings. The van der Waals surface area contributed by atoms with E-state index in [0.717, 1.165) is 16.9 Å². The first-order valence-electron chi connectivity index (χ1n) is 9.64. The van der Waals surface area contributed by atoms with E-state index in [1.165, 1.54) is 0 Å². The summed E-state index contributed by atoms with van der Waals surface area (Å²) in [5, 5.41) is 4.09. The molecule has 29 heavy (non-hydrogen) atoms. The van der Waals surface area contributed by atoms with Gasteiger partial charge in [0.05, 0.1) is 25.2 Å². The Kier molecular flexibility index (Phi) is 5.46. The average molecular weight is 393 g/mol. The summed E-state index contributed by atoms with van der Waals surface area (Å²) < 4.78 is 16.3. The minimum absolute atomic E-state index is 0.0842. The van der Waals surface area contributed by atoms with E-state index in [2.05, 4.69) is 10.1 Å². The van der Waals surface area contributed by atoms with Crippen molar-refractivity contribution in [3.05, 3.63) is 60.0 Å². The first-order valence-corrected chi connectivity index (χ1v) is 9.64. The Morgan fingerprint density at radius 1 is 1.17 bits per heavy atom. The monoisotopic (exact) mass is 393 g/mol. The van der Waals surface area contributed by atoms with Gasteiger partial charge in [-0.15, -0.1) is 0 Å². The van der Waals surface area contributed by atoms with Crippen molar-refractivity contribution in [2.45, 2.75) is 25.8 Å². The Balaban J connectivity index is 1.45. The van der Waals surface area contributed by atoms with Gasteiger partial charge < -0.3 is 18.9 Å². The highest BCUT2D eigenvalue weighted by Crippen LogP contribution is 2.32. The third kappa shape index (κ3) is 4.08. The standard InChI is InChI=1S/C22H23N3O4/c1-3-28-17-10-8-15(9-11-17)13-25-14-16(12-20(25)26)22-23-21(24-29-22)18-6-4-5-7-19(18)27-2/h4-11,16H,3,12-14H2,1-2H3. The second-order valence-electron chi connectivity index (χ2n) is 6.91. The van der Waals surface area contributed by atoms with E-state index >= 15 is 0 Å². The predicted octanol–water partition coefficient (Wildman–Crippen LogP) is 3.66. The molecule has 2 aromatic carbocycles. The minimum atomic E-state index is -0.110. The summed E-state index contributed by atoms with van der Waals surface area (Å²) in [5.41, 5.74) is 1.82. The predicted molar refractivity (Wildman–Crippen MR) is 107 cm³/mol. The number of rotatable bonds is 7. The first kappa shape index (κ1) is 19.0. The van der Waals surface area contributed by atoms with Crippen molar-refractivity contribution in [1.82, 2.24) is 15.0 Å². The number of hydrogen-bond acceptors (Lipinski definition) is 6.